The van der Waals surface area contributed by atoms with Gasteiger partial charge in [-0.1, -0.05) is 31.8 Å². The Bertz CT molecular complexity index is 732. The smallest absolute Gasteiger partial charge is 0.332 e. The third-order valence-corrected chi connectivity index (χ3v) is 6.12. The molecule has 0 saturated carbocycles. The molecule has 0 radical (unpaired) electrons. The standard InChI is InChI=1S/C19H24INO3Si/c1-24-18(23)19(12-8-14-25(2,3)4)11-7-13-21(19)17(22)15-9-5-6-10-16(15)20/h5-6,9-10H,7,11-13H2,1-4H3. The zero-order valence-electron chi connectivity index (χ0n) is 15.2. The van der Waals surface area contributed by atoms with Gasteiger partial charge in [0.25, 0.3) is 5.91 Å². The molecule has 1 aliphatic rings. The van der Waals surface area contributed by atoms with E-state index in [1.807, 2.05) is 18.2 Å². The Morgan fingerprint density at radius 3 is 2.60 bits per heavy atom. The Kier molecular flexibility index (Phi) is 6.33. The third-order valence-electron chi connectivity index (χ3n) is 4.25. The molecule has 1 fully saturated rings. The molecule has 25 heavy (non-hydrogen) atoms. The minimum absolute atomic E-state index is 0.122. The van der Waals surface area contributed by atoms with Crippen LogP contribution in [0.3, 0.4) is 0 Å². The second-order valence-electron chi connectivity index (χ2n) is 7.29. The number of esters is 1. The van der Waals surface area contributed by atoms with Crippen LogP contribution in [0.2, 0.25) is 19.6 Å². The number of nitrogens with zero attached hydrogens (tertiary/aromatic N) is 1. The molecule has 1 unspecified atom stereocenters. The molecule has 0 spiro atoms. The Labute approximate surface area is 164 Å². The molecule has 0 bridgehead atoms. The zero-order chi connectivity index (χ0) is 18.7. The molecule has 0 aliphatic carbocycles. The van der Waals surface area contributed by atoms with Gasteiger partial charge in [-0.15, -0.1) is 11.5 Å². The highest BCUT2D eigenvalue weighted by molar-refractivity contribution is 14.1. The van der Waals surface area contributed by atoms with Crippen molar-refractivity contribution >= 4 is 42.5 Å². The van der Waals surface area contributed by atoms with Gasteiger partial charge in [-0.25, -0.2) is 4.79 Å². The van der Waals surface area contributed by atoms with Crippen LogP contribution in [0, 0.1) is 15.0 Å². The van der Waals surface area contributed by atoms with Crippen molar-refractivity contribution < 1.29 is 14.3 Å². The maximum Gasteiger partial charge on any atom is 0.332 e. The average molecular weight is 469 g/mol. The van der Waals surface area contributed by atoms with Gasteiger partial charge in [0.2, 0.25) is 0 Å². The fourth-order valence-electron chi connectivity index (χ4n) is 3.07. The largest absolute Gasteiger partial charge is 0.467 e. The SMILES string of the molecule is COC(=O)C1(CC#C[Si](C)(C)C)CCCN1C(=O)c1ccccc1I. The number of hydrogen-bond donors (Lipinski definition) is 0. The van der Waals surface area contributed by atoms with Gasteiger partial charge in [-0.2, -0.15) is 0 Å². The predicted octanol–water partition coefficient (Wildman–Crippen LogP) is 3.71. The molecule has 1 amide bonds. The van der Waals surface area contributed by atoms with Crippen molar-refractivity contribution in [3.8, 4) is 11.5 Å². The second kappa shape index (κ2) is 7.91. The van der Waals surface area contributed by atoms with E-state index < -0.39 is 13.6 Å². The van der Waals surface area contributed by atoms with E-state index in [0.29, 0.717) is 24.9 Å². The summed E-state index contributed by atoms with van der Waals surface area (Å²) in [6.07, 6.45) is 1.70. The first kappa shape index (κ1) is 20.0. The van der Waals surface area contributed by atoms with Crippen LogP contribution in [0.25, 0.3) is 0 Å². The number of amides is 1. The first-order valence-electron chi connectivity index (χ1n) is 8.36. The van der Waals surface area contributed by atoms with Crippen molar-refractivity contribution in [2.75, 3.05) is 13.7 Å². The molecule has 1 aliphatic heterocycles. The fourth-order valence-corrected chi connectivity index (χ4v) is 4.31. The van der Waals surface area contributed by atoms with E-state index >= 15 is 0 Å². The molecule has 134 valence electrons. The molecular formula is C19H24INO3Si. The number of rotatable bonds is 3. The van der Waals surface area contributed by atoms with Gasteiger partial charge in [-0.3, -0.25) is 4.79 Å². The quantitative estimate of drug-likeness (QED) is 0.294. The highest BCUT2D eigenvalue weighted by Crippen LogP contribution is 2.35. The summed E-state index contributed by atoms with van der Waals surface area (Å²) in [5.41, 5.74) is 2.95. The van der Waals surface area contributed by atoms with Crippen LogP contribution in [-0.2, 0) is 9.53 Å². The van der Waals surface area contributed by atoms with Gasteiger partial charge in [0.05, 0.1) is 12.7 Å². The number of methoxy groups -OCH3 is 1. The lowest BCUT2D eigenvalue weighted by Gasteiger charge is -2.35. The normalized spacial score (nSPS) is 20.0. The van der Waals surface area contributed by atoms with Gasteiger partial charge in [0, 0.05) is 16.5 Å². The summed E-state index contributed by atoms with van der Waals surface area (Å²) < 4.78 is 5.95. The zero-order valence-corrected chi connectivity index (χ0v) is 18.3. The van der Waals surface area contributed by atoms with Crippen LogP contribution in [0.1, 0.15) is 29.6 Å². The molecule has 0 aromatic heterocycles. The molecule has 6 heteroatoms. The third kappa shape index (κ3) is 4.45. The van der Waals surface area contributed by atoms with E-state index in [2.05, 4.69) is 53.7 Å². The van der Waals surface area contributed by atoms with Crippen molar-refractivity contribution in [1.29, 1.82) is 0 Å². The minimum atomic E-state index is -1.55. The highest BCUT2D eigenvalue weighted by Gasteiger charge is 2.50. The minimum Gasteiger partial charge on any atom is -0.467 e. The van der Waals surface area contributed by atoms with Gasteiger partial charge < -0.3 is 9.64 Å². The summed E-state index contributed by atoms with van der Waals surface area (Å²) in [6, 6.07) is 7.44. The molecule has 4 nitrogen and oxygen atoms in total. The average Bonchev–Trinajstić information content (AvgIpc) is 2.97. The van der Waals surface area contributed by atoms with E-state index in [1.54, 1.807) is 11.0 Å². The Morgan fingerprint density at radius 2 is 2.00 bits per heavy atom. The summed E-state index contributed by atoms with van der Waals surface area (Å²) in [6.45, 7) is 7.03. The van der Waals surface area contributed by atoms with Crippen LogP contribution < -0.4 is 0 Å². The molecule has 1 heterocycles. The Morgan fingerprint density at radius 1 is 1.32 bits per heavy atom. The molecule has 1 atom stereocenters. The maximum absolute atomic E-state index is 13.1. The number of halogens is 1. The van der Waals surface area contributed by atoms with Crippen molar-refractivity contribution in [2.24, 2.45) is 0 Å². The van der Waals surface area contributed by atoms with Crippen LogP contribution >= 0.6 is 22.6 Å². The lowest BCUT2D eigenvalue weighted by Crippen LogP contribution is -2.53. The second-order valence-corrected chi connectivity index (χ2v) is 13.2. The Hall–Kier alpha value is -1.33. The fraction of sp³-hybridized carbons (Fsp3) is 0.474. The monoisotopic (exact) mass is 469 g/mol. The lowest BCUT2D eigenvalue weighted by atomic mass is 9.91. The molecule has 1 saturated heterocycles. The van der Waals surface area contributed by atoms with E-state index in [-0.39, 0.29) is 11.9 Å². The highest BCUT2D eigenvalue weighted by atomic mass is 127. The van der Waals surface area contributed by atoms with Gasteiger partial charge in [0.15, 0.2) is 5.54 Å². The Balaban J connectivity index is 2.40. The van der Waals surface area contributed by atoms with Crippen LogP contribution in [-0.4, -0.2) is 44.0 Å². The van der Waals surface area contributed by atoms with Crippen LogP contribution in [0.5, 0.6) is 0 Å². The van der Waals surface area contributed by atoms with E-state index in [9.17, 15) is 9.59 Å². The molecule has 1 aromatic carbocycles. The molecule has 2 rings (SSSR count). The van der Waals surface area contributed by atoms with Gasteiger partial charge in [0.1, 0.15) is 8.07 Å². The summed E-state index contributed by atoms with van der Waals surface area (Å²) in [5, 5.41) is 0. The van der Waals surface area contributed by atoms with Crippen molar-refractivity contribution in [1.82, 2.24) is 4.90 Å². The number of carbonyl (C=O) groups excluding carboxylic acids is 2. The summed E-state index contributed by atoms with van der Waals surface area (Å²) in [5.74, 6) is 2.70. The van der Waals surface area contributed by atoms with Crippen molar-refractivity contribution in [3.63, 3.8) is 0 Å². The van der Waals surface area contributed by atoms with E-state index in [0.717, 1.165) is 9.99 Å². The number of benzene rings is 1. The summed E-state index contributed by atoms with van der Waals surface area (Å²) in [4.78, 5) is 27.5. The van der Waals surface area contributed by atoms with Crippen molar-refractivity contribution in [3.05, 3.63) is 33.4 Å². The predicted molar refractivity (Wildman–Crippen MR) is 110 cm³/mol. The first-order valence-corrected chi connectivity index (χ1v) is 12.9. The number of ether oxygens (including phenoxy) is 1. The number of hydrogen-bond acceptors (Lipinski definition) is 3. The summed E-state index contributed by atoms with van der Waals surface area (Å²) >= 11 is 2.15. The van der Waals surface area contributed by atoms with Crippen LogP contribution in [0.15, 0.2) is 24.3 Å². The van der Waals surface area contributed by atoms with Gasteiger partial charge >= 0.3 is 5.97 Å². The van der Waals surface area contributed by atoms with E-state index in [1.165, 1.54) is 7.11 Å². The van der Waals surface area contributed by atoms with Crippen molar-refractivity contribution in [2.45, 2.75) is 44.4 Å². The number of carbonyl (C=O) groups is 2. The lowest BCUT2D eigenvalue weighted by molar-refractivity contribution is -0.151. The molecule has 1 aromatic rings. The topological polar surface area (TPSA) is 46.6 Å². The maximum atomic E-state index is 13.1. The van der Waals surface area contributed by atoms with Gasteiger partial charge in [-0.05, 0) is 47.6 Å². The summed E-state index contributed by atoms with van der Waals surface area (Å²) in [7, 11) is -0.169. The number of likely N-dealkylation sites (tertiary alicyclic amines) is 1. The molecule has 0 N–H and O–H groups in total. The first-order chi connectivity index (χ1) is 11.7. The van der Waals surface area contributed by atoms with Crippen LogP contribution in [0.4, 0.5) is 0 Å². The van der Waals surface area contributed by atoms with E-state index in [4.69, 9.17) is 4.74 Å². The molecular weight excluding hydrogens is 445 g/mol.